The lowest BCUT2D eigenvalue weighted by Gasteiger charge is -2.09. The molecular formula is C14H21BrN6O. The number of nitrogens with zero attached hydrogens (tertiary/aromatic N) is 6. The number of hydrogen-bond acceptors (Lipinski definition) is 5. The molecule has 0 aliphatic carbocycles. The number of Topliss-reactive ketones (excluding diaryl/α,β-unsaturated/α-hetero) is 1. The fraction of sp³-hybridized carbons (Fsp3) is 0.500. The van der Waals surface area contributed by atoms with Crippen LogP contribution in [-0.4, -0.2) is 39.4 Å². The maximum atomic E-state index is 11.9. The van der Waals surface area contributed by atoms with Crippen molar-refractivity contribution in [3.63, 3.8) is 0 Å². The Morgan fingerprint density at radius 3 is 2.77 bits per heavy atom. The minimum Gasteiger partial charge on any atom is -1.00 e. The third-order valence-electron chi connectivity index (χ3n) is 3.05. The maximum absolute atomic E-state index is 11.9. The van der Waals surface area contributed by atoms with Crippen molar-refractivity contribution in [2.24, 2.45) is 7.05 Å². The molecule has 0 radical (unpaired) electrons. The second kappa shape index (κ2) is 8.57. The largest absolute Gasteiger partial charge is 1.00 e. The van der Waals surface area contributed by atoms with Crippen LogP contribution in [0.1, 0.15) is 18.7 Å². The van der Waals surface area contributed by atoms with Crippen molar-refractivity contribution in [3.8, 4) is 0 Å². The van der Waals surface area contributed by atoms with E-state index in [-0.39, 0.29) is 22.8 Å². The summed E-state index contributed by atoms with van der Waals surface area (Å²) in [5.41, 5.74) is 0. The summed E-state index contributed by atoms with van der Waals surface area (Å²) in [4.78, 5) is 26.3. The van der Waals surface area contributed by atoms with E-state index in [1.165, 1.54) is 6.33 Å². The number of carbonyl (C=O) groups excluding carboxylic acids is 1. The molecule has 22 heavy (non-hydrogen) atoms. The molecule has 0 aliphatic rings. The van der Waals surface area contributed by atoms with Gasteiger partial charge in [0.05, 0.1) is 7.05 Å². The summed E-state index contributed by atoms with van der Waals surface area (Å²) in [5.74, 6) is 1.59. The van der Waals surface area contributed by atoms with Crippen molar-refractivity contribution in [3.05, 3.63) is 30.9 Å². The van der Waals surface area contributed by atoms with E-state index in [0.717, 1.165) is 12.2 Å². The van der Waals surface area contributed by atoms with E-state index in [1.807, 2.05) is 53.9 Å². The highest BCUT2D eigenvalue weighted by Gasteiger charge is 2.09. The van der Waals surface area contributed by atoms with E-state index < -0.39 is 0 Å². The van der Waals surface area contributed by atoms with Crippen molar-refractivity contribution in [2.75, 3.05) is 19.0 Å². The van der Waals surface area contributed by atoms with Gasteiger partial charge in [0.2, 0.25) is 12.3 Å². The fourth-order valence-electron chi connectivity index (χ4n) is 1.98. The van der Waals surface area contributed by atoms with E-state index in [9.17, 15) is 4.79 Å². The molecule has 2 heterocycles. The van der Waals surface area contributed by atoms with E-state index in [4.69, 9.17) is 0 Å². The monoisotopic (exact) mass is 368 g/mol. The molecule has 0 N–H and O–H groups in total. The first kappa shape index (κ1) is 18.2. The van der Waals surface area contributed by atoms with Crippen LogP contribution in [0, 0.1) is 0 Å². The summed E-state index contributed by atoms with van der Waals surface area (Å²) >= 11 is 0. The number of imidazole rings is 1. The van der Waals surface area contributed by atoms with Gasteiger partial charge in [0, 0.05) is 26.9 Å². The van der Waals surface area contributed by atoms with Gasteiger partial charge in [-0.05, 0) is 6.42 Å². The highest BCUT2D eigenvalue weighted by Crippen LogP contribution is 2.05. The molecule has 0 bridgehead atoms. The molecule has 0 unspecified atom stereocenters. The van der Waals surface area contributed by atoms with Crippen LogP contribution in [0.5, 0.6) is 0 Å². The van der Waals surface area contributed by atoms with Gasteiger partial charge in [0.25, 0.3) is 0 Å². The molecule has 120 valence electrons. The number of anilines is 1. The van der Waals surface area contributed by atoms with Crippen LogP contribution < -0.4 is 26.4 Å². The summed E-state index contributed by atoms with van der Waals surface area (Å²) < 4.78 is 3.80. The molecule has 0 amide bonds. The predicted octanol–water partition coefficient (Wildman–Crippen LogP) is -2.84. The Bertz CT molecular complexity index is 613. The number of ketones is 1. The molecule has 0 saturated carbocycles. The Morgan fingerprint density at radius 2 is 2.14 bits per heavy atom. The lowest BCUT2D eigenvalue weighted by atomic mass is 10.1. The van der Waals surface area contributed by atoms with Gasteiger partial charge in [-0.3, -0.25) is 4.79 Å². The van der Waals surface area contributed by atoms with Gasteiger partial charge in [-0.15, -0.1) is 0 Å². The van der Waals surface area contributed by atoms with Crippen LogP contribution in [0.25, 0.3) is 0 Å². The molecule has 7 nitrogen and oxygen atoms in total. The second-order valence-electron chi connectivity index (χ2n) is 5.24. The average Bonchev–Trinajstić information content (AvgIpc) is 2.84. The Hall–Kier alpha value is -1.83. The maximum Gasteiger partial charge on any atom is 0.243 e. The zero-order chi connectivity index (χ0) is 15.2. The van der Waals surface area contributed by atoms with Crippen LogP contribution in [-0.2, 0) is 24.8 Å². The van der Waals surface area contributed by atoms with Gasteiger partial charge in [-0.2, -0.15) is 4.98 Å². The zero-order valence-electron chi connectivity index (χ0n) is 13.1. The Kier molecular flexibility index (Phi) is 7.10. The third-order valence-corrected chi connectivity index (χ3v) is 3.05. The van der Waals surface area contributed by atoms with Crippen molar-refractivity contribution in [1.29, 1.82) is 0 Å². The molecule has 2 rings (SSSR count). The number of hydrogen-bond donors (Lipinski definition) is 0. The van der Waals surface area contributed by atoms with Gasteiger partial charge in [0.15, 0.2) is 5.78 Å². The second-order valence-corrected chi connectivity index (χ2v) is 5.24. The molecule has 0 atom stereocenters. The van der Waals surface area contributed by atoms with Gasteiger partial charge >= 0.3 is 0 Å². The number of halogens is 1. The molecular weight excluding hydrogens is 348 g/mol. The number of carbonyl (C=O) groups is 1. The van der Waals surface area contributed by atoms with Gasteiger partial charge < -0.3 is 21.9 Å². The molecule has 0 saturated heterocycles. The van der Waals surface area contributed by atoms with Crippen LogP contribution in [0.15, 0.2) is 25.0 Å². The zero-order valence-corrected chi connectivity index (χ0v) is 14.7. The minimum atomic E-state index is 0. The van der Waals surface area contributed by atoms with Crippen LogP contribution in [0.4, 0.5) is 5.95 Å². The Morgan fingerprint density at radius 1 is 1.36 bits per heavy atom. The first-order valence-electron chi connectivity index (χ1n) is 6.92. The van der Waals surface area contributed by atoms with Crippen molar-refractivity contribution >= 4 is 11.7 Å². The topological polar surface area (TPSA) is 67.8 Å². The SMILES string of the molecule is CN(C)c1ncnc(CCCC(=O)Cn2cc[n+](C)c2)n1.[Br-]. The summed E-state index contributed by atoms with van der Waals surface area (Å²) in [6.45, 7) is 0.418. The summed E-state index contributed by atoms with van der Waals surface area (Å²) in [7, 11) is 5.71. The predicted molar refractivity (Wildman–Crippen MR) is 77.7 cm³/mol. The Labute approximate surface area is 140 Å². The lowest BCUT2D eigenvalue weighted by Crippen LogP contribution is -3.00. The normalized spacial score (nSPS) is 10.1. The quantitative estimate of drug-likeness (QED) is 0.492. The highest BCUT2D eigenvalue weighted by molar-refractivity contribution is 5.78. The molecule has 8 heteroatoms. The number of aromatic nitrogens is 5. The third kappa shape index (κ3) is 5.51. The summed E-state index contributed by atoms with van der Waals surface area (Å²) in [6.07, 6.45) is 9.20. The molecule has 0 aliphatic heterocycles. The smallest absolute Gasteiger partial charge is 0.243 e. The van der Waals surface area contributed by atoms with E-state index in [2.05, 4.69) is 15.0 Å². The first-order chi connectivity index (χ1) is 10.0. The molecule has 0 aromatic carbocycles. The van der Waals surface area contributed by atoms with Crippen LogP contribution in [0.3, 0.4) is 0 Å². The molecule has 2 aromatic heterocycles. The molecule has 0 fully saturated rings. The van der Waals surface area contributed by atoms with E-state index in [1.54, 1.807) is 0 Å². The van der Waals surface area contributed by atoms with E-state index in [0.29, 0.717) is 25.3 Å². The van der Waals surface area contributed by atoms with E-state index >= 15 is 0 Å². The van der Waals surface area contributed by atoms with Gasteiger partial charge in [0.1, 0.15) is 31.1 Å². The van der Waals surface area contributed by atoms with Crippen LogP contribution in [0.2, 0.25) is 0 Å². The number of rotatable bonds is 7. The highest BCUT2D eigenvalue weighted by atomic mass is 79.9. The Balaban J connectivity index is 0.00000242. The van der Waals surface area contributed by atoms with Crippen molar-refractivity contribution in [1.82, 2.24) is 19.5 Å². The molecule has 2 aromatic rings. The molecule has 0 spiro atoms. The minimum absolute atomic E-state index is 0. The fourth-order valence-corrected chi connectivity index (χ4v) is 1.98. The first-order valence-corrected chi connectivity index (χ1v) is 6.92. The van der Waals surface area contributed by atoms with Crippen LogP contribution >= 0.6 is 0 Å². The van der Waals surface area contributed by atoms with Crippen molar-refractivity contribution in [2.45, 2.75) is 25.8 Å². The summed E-state index contributed by atoms with van der Waals surface area (Å²) in [5, 5.41) is 0. The number of aryl methyl sites for hydroxylation is 2. The van der Waals surface area contributed by atoms with Gasteiger partial charge in [-0.25, -0.2) is 19.1 Å². The standard InChI is InChI=1S/C14H21N6O.BrH/c1-18(2)14-16-10-15-13(17-14)6-4-5-12(21)9-20-8-7-19(3)11-20;/h7-8,10-11H,4-6,9H2,1-3H3;1H/q+1;/p-1. The van der Waals surface area contributed by atoms with Gasteiger partial charge in [-0.1, -0.05) is 0 Å². The van der Waals surface area contributed by atoms with Crippen molar-refractivity contribution < 1.29 is 26.3 Å². The lowest BCUT2D eigenvalue weighted by molar-refractivity contribution is -0.671. The summed E-state index contributed by atoms with van der Waals surface area (Å²) in [6, 6.07) is 0. The average molecular weight is 369 g/mol.